The summed E-state index contributed by atoms with van der Waals surface area (Å²) >= 11 is 0. The molecule has 2 aliphatic rings. The van der Waals surface area contributed by atoms with Gasteiger partial charge in [-0.3, -0.25) is 0 Å². The lowest BCUT2D eigenvalue weighted by molar-refractivity contribution is 0.127. The lowest BCUT2D eigenvalue weighted by Crippen LogP contribution is -2.43. The standard InChI is InChI=1S/C11H22N2O3S/c14-17(15,9-11-5-3-7-16-11)13-10-4-1-2-6-12-8-10/h10-13H,1-9H2. The highest BCUT2D eigenvalue weighted by Crippen LogP contribution is 2.14. The lowest BCUT2D eigenvalue weighted by Gasteiger charge is -2.18. The summed E-state index contributed by atoms with van der Waals surface area (Å²) in [6.45, 7) is 2.43. The first-order chi connectivity index (χ1) is 8.16. The number of ether oxygens (including phenoxy) is 1. The van der Waals surface area contributed by atoms with Gasteiger partial charge in [0.25, 0.3) is 0 Å². The summed E-state index contributed by atoms with van der Waals surface area (Å²) in [5, 5.41) is 3.26. The van der Waals surface area contributed by atoms with Gasteiger partial charge < -0.3 is 10.1 Å². The molecule has 0 saturated carbocycles. The minimum absolute atomic E-state index is 0.0453. The van der Waals surface area contributed by atoms with Gasteiger partial charge in [-0.05, 0) is 32.2 Å². The molecule has 2 saturated heterocycles. The summed E-state index contributed by atoms with van der Waals surface area (Å²) in [4.78, 5) is 0. The Morgan fingerprint density at radius 1 is 1.24 bits per heavy atom. The molecule has 2 unspecified atom stereocenters. The Hall–Kier alpha value is -0.170. The van der Waals surface area contributed by atoms with Crippen LogP contribution < -0.4 is 10.0 Å². The first-order valence-corrected chi connectivity index (χ1v) is 8.13. The van der Waals surface area contributed by atoms with Crippen LogP contribution in [0.5, 0.6) is 0 Å². The molecule has 0 aromatic carbocycles. The Morgan fingerprint density at radius 2 is 2.12 bits per heavy atom. The second kappa shape index (κ2) is 6.13. The van der Waals surface area contributed by atoms with Gasteiger partial charge in [0.05, 0.1) is 11.9 Å². The summed E-state index contributed by atoms with van der Waals surface area (Å²) in [5.41, 5.74) is 0. The Labute approximate surface area is 103 Å². The molecule has 17 heavy (non-hydrogen) atoms. The van der Waals surface area contributed by atoms with Crippen molar-refractivity contribution in [3.63, 3.8) is 0 Å². The van der Waals surface area contributed by atoms with E-state index in [-0.39, 0.29) is 17.9 Å². The van der Waals surface area contributed by atoms with Gasteiger partial charge in [0, 0.05) is 19.2 Å². The van der Waals surface area contributed by atoms with Gasteiger partial charge in [-0.2, -0.15) is 0 Å². The molecule has 6 heteroatoms. The average molecular weight is 262 g/mol. The Kier molecular flexibility index (Phi) is 4.78. The predicted molar refractivity (Wildman–Crippen MR) is 66.4 cm³/mol. The van der Waals surface area contributed by atoms with Crippen molar-refractivity contribution in [1.82, 2.24) is 10.0 Å². The highest BCUT2D eigenvalue weighted by atomic mass is 32.2. The molecule has 2 rings (SSSR count). The van der Waals surface area contributed by atoms with Gasteiger partial charge in [0.1, 0.15) is 0 Å². The van der Waals surface area contributed by atoms with E-state index in [1.807, 2.05) is 0 Å². The van der Waals surface area contributed by atoms with E-state index >= 15 is 0 Å². The van der Waals surface area contributed by atoms with E-state index in [1.165, 1.54) is 0 Å². The van der Waals surface area contributed by atoms with Gasteiger partial charge in [-0.25, -0.2) is 13.1 Å². The van der Waals surface area contributed by atoms with Crippen LogP contribution in [-0.2, 0) is 14.8 Å². The van der Waals surface area contributed by atoms with Crippen LogP contribution >= 0.6 is 0 Å². The summed E-state index contributed by atoms with van der Waals surface area (Å²) in [6, 6.07) is 0.0453. The molecule has 0 spiro atoms. The smallest absolute Gasteiger partial charge is 0.214 e. The van der Waals surface area contributed by atoms with Crippen LogP contribution in [0.4, 0.5) is 0 Å². The molecule has 0 radical (unpaired) electrons. The highest BCUT2D eigenvalue weighted by Gasteiger charge is 2.25. The summed E-state index contributed by atoms with van der Waals surface area (Å²) in [6.07, 6.45) is 4.88. The predicted octanol–water partition coefficient (Wildman–Crippen LogP) is 0.227. The normalized spacial score (nSPS) is 31.3. The number of hydrogen-bond acceptors (Lipinski definition) is 4. The highest BCUT2D eigenvalue weighted by molar-refractivity contribution is 7.89. The molecule has 0 amide bonds. The molecular formula is C11H22N2O3S. The first-order valence-electron chi connectivity index (χ1n) is 6.48. The van der Waals surface area contributed by atoms with Crippen molar-refractivity contribution in [2.45, 2.75) is 44.2 Å². The van der Waals surface area contributed by atoms with E-state index in [9.17, 15) is 8.42 Å². The minimum atomic E-state index is -3.20. The second-order valence-electron chi connectivity index (χ2n) is 4.93. The maximum atomic E-state index is 11.9. The molecule has 2 N–H and O–H groups in total. The van der Waals surface area contributed by atoms with Crippen LogP contribution in [0.1, 0.15) is 32.1 Å². The number of hydrogen-bond donors (Lipinski definition) is 2. The SMILES string of the molecule is O=S(=O)(CC1CCCO1)NC1CCCCNC1. The second-order valence-corrected chi connectivity index (χ2v) is 6.73. The Balaban J connectivity index is 1.82. The third kappa shape index (κ3) is 4.54. The zero-order valence-electron chi connectivity index (χ0n) is 10.2. The number of rotatable bonds is 4. The molecule has 0 aromatic heterocycles. The Morgan fingerprint density at radius 3 is 2.88 bits per heavy atom. The molecule has 2 atom stereocenters. The van der Waals surface area contributed by atoms with Crippen LogP contribution in [0.3, 0.4) is 0 Å². The van der Waals surface area contributed by atoms with Crippen molar-refractivity contribution in [2.24, 2.45) is 0 Å². The quantitative estimate of drug-likeness (QED) is 0.761. The van der Waals surface area contributed by atoms with Crippen LogP contribution in [-0.4, -0.2) is 46.0 Å². The minimum Gasteiger partial charge on any atom is -0.377 e. The van der Waals surface area contributed by atoms with E-state index in [1.54, 1.807) is 0 Å². The van der Waals surface area contributed by atoms with Crippen molar-refractivity contribution < 1.29 is 13.2 Å². The molecule has 100 valence electrons. The molecule has 0 aliphatic carbocycles. The molecular weight excluding hydrogens is 240 g/mol. The summed E-state index contributed by atoms with van der Waals surface area (Å²) in [5.74, 6) is 0.115. The average Bonchev–Trinajstić information content (AvgIpc) is 2.61. The molecule has 2 aliphatic heterocycles. The zero-order valence-corrected chi connectivity index (χ0v) is 11.0. The lowest BCUT2D eigenvalue weighted by atomic mass is 10.2. The molecule has 5 nitrogen and oxygen atoms in total. The van der Waals surface area contributed by atoms with E-state index in [0.29, 0.717) is 6.61 Å². The van der Waals surface area contributed by atoms with Crippen molar-refractivity contribution in [1.29, 1.82) is 0 Å². The zero-order chi connectivity index (χ0) is 12.1. The molecule has 2 heterocycles. The van der Waals surface area contributed by atoms with Gasteiger partial charge in [0.15, 0.2) is 0 Å². The largest absolute Gasteiger partial charge is 0.377 e. The van der Waals surface area contributed by atoms with Crippen molar-refractivity contribution in [3.8, 4) is 0 Å². The Bertz CT molecular complexity index is 318. The third-order valence-electron chi connectivity index (χ3n) is 3.32. The van der Waals surface area contributed by atoms with Gasteiger partial charge in [-0.1, -0.05) is 6.42 Å². The van der Waals surface area contributed by atoms with Crippen LogP contribution in [0.25, 0.3) is 0 Å². The van der Waals surface area contributed by atoms with Crippen molar-refractivity contribution in [3.05, 3.63) is 0 Å². The van der Waals surface area contributed by atoms with Crippen molar-refractivity contribution in [2.75, 3.05) is 25.4 Å². The van der Waals surface area contributed by atoms with E-state index in [2.05, 4.69) is 10.0 Å². The molecule has 2 fully saturated rings. The topological polar surface area (TPSA) is 67.4 Å². The van der Waals surface area contributed by atoms with E-state index in [0.717, 1.165) is 45.2 Å². The maximum Gasteiger partial charge on any atom is 0.214 e. The van der Waals surface area contributed by atoms with Gasteiger partial charge in [-0.15, -0.1) is 0 Å². The summed E-state index contributed by atoms with van der Waals surface area (Å²) < 4.78 is 32.1. The van der Waals surface area contributed by atoms with Gasteiger partial charge >= 0.3 is 0 Å². The summed E-state index contributed by atoms with van der Waals surface area (Å²) in [7, 11) is -3.20. The van der Waals surface area contributed by atoms with Gasteiger partial charge in [0.2, 0.25) is 10.0 Å². The van der Waals surface area contributed by atoms with Crippen LogP contribution in [0.2, 0.25) is 0 Å². The van der Waals surface area contributed by atoms with Crippen LogP contribution in [0.15, 0.2) is 0 Å². The first kappa shape index (κ1) is 13.3. The maximum absolute atomic E-state index is 11.9. The van der Waals surface area contributed by atoms with E-state index in [4.69, 9.17) is 4.74 Å². The molecule has 0 aromatic rings. The van der Waals surface area contributed by atoms with Crippen molar-refractivity contribution >= 4 is 10.0 Å². The van der Waals surface area contributed by atoms with Crippen LogP contribution in [0, 0.1) is 0 Å². The van der Waals surface area contributed by atoms with E-state index < -0.39 is 10.0 Å². The third-order valence-corrected chi connectivity index (χ3v) is 4.83. The fourth-order valence-corrected chi connectivity index (χ4v) is 4.00. The monoisotopic (exact) mass is 262 g/mol. The fraction of sp³-hybridized carbons (Fsp3) is 1.00. The molecule has 0 bridgehead atoms. The fourth-order valence-electron chi connectivity index (χ4n) is 2.44. The number of sulfonamides is 1. The number of nitrogens with one attached hydrogen (secondary N) is 2.